The van der Waals surface area contributed by atoms with Crippen LogP contribution in [0.4, 0.5) is 0 Å². The summed E-state index contributed by atoms with van der Waals surface area (Å²) in [6.45, 7) is 7.23. The number of carbonyl (C=O) groups excluding carboxylic acids is 2. The number of aryl methyl sites for hydroxylation is 2. The maximum atomic E-state index is 13.1. The number of likely N-dealkylation sites (N-methyl/N-ethyl adjacent to an activating group) is 1. The van der Waals surface area contributed by atoms with Crippen molar-refractivity contribution in [1.82, 2.24) is 10.2 Å². The number of hydrogen-bond acceptors (Lipinski definition) is 3. The molecule has 0 spiro atoms. The minimum absolute atomic E-state index is 0.118. The van der Waals surface area contributed by atoms with E-state index in [4.69, 9.17) is 0 Å². The fourth-order valence-corrected chi connectivity index (χ4v) is 3.66. The second-order valence-corrected chi connectivity index (χ2v) is 8.06. The average molecular weight is 385 g/mol. The van der Waals surface area contributed by atoms with Crippen LogP contribution in [0.5, 0.6) is 0 Å². The van der Waals surface area contributed by atoms with E-state index in [-0.39, 0.29) is 11.8 Å². The molecule has 1 fully saturated rings. The predicted molar refractivity (Wildman–Crippen MR) is 109 cm³/mol. The first kappa shape index (κ1) is 19.3. The lowest BCUT2D eigenvalue weighted by Crippen LogP contribution is -3.12. The molecule has 0 bridgehead atoms. The lowest BCUT2D eigenvalue weighted by atomic mass is 10.1. The molecule has 1 aliphatic rings. The van der Waals surface area contributed by atoms with Gasteiger partial charge in [0.2, 0.25) is 0 Å². The van der Waals surface area contributed by atoms with Gasteiger partial charge in [-0.3, -0.25) is 9.59 Å². The zero-order chi connectivity index (χ0) is 19.4. The third-order valence-electron chi connectivity index (χ3n) is 4.98. The third kappa shape index (κ3) is 4.84. The first-order valence-electron chi connectivity index (χ1n) is 9.18. The molecular formula is C21H26N3O2S+. The van der Waals surface area contributed by atoms with Crippen LogP contribution in [0.15, 0.2) is 41.4 Å². The second kappa shape index (κ2) is 8.50. The predicted octanol–water partition coefficient (Wildman–Crippen LogP) is 1.49. The minimum atomic E-state index is -0.256. The van der Waals surface area contributed by atoms with Crippen LogP contribution in [-0.2, 0) is 4.79 Å². The lowest BCUT2D eigenvalue weighted by Gasteiger charge is -2.30. The quantitative estimate of drug-likeness (QED) is 0.785. The van der Waals surface area contributed by atoms with E-state index in [1.807, 2.05) is 48.4 Å². The van der Waals surface area contributed by atoms with Crippen LogP contribution in [0.3, 0.4) is 0 Å². The zero-order valence-corrected chi connectivity index (χ0v) is 16.9. The van der Waals surface area contributed by atoms with Gasteiger partial charge in [-0.25, -0.2) is 0 Å². The highest BCUT2D eigenvalue weighted by atomic mass is 32.1. The Hall–Kier alpha value is -2.44. The van der Waals surface area contributed by atoms with Gasteiger partial charge in [0.25, 0.3) is 11.8 Å². The van der Waals surface area contributed by atoms with Crippen molar-refractivity contribution in [2.24, 2.45) is 0 Å². The summed E-state index contributed by atoms with van der Waals surface area (Å²) < 4.78 is 0. The number of nitrogens with zero attached hydrogens (tertiary/aromatic N) is 1. The number of benzene rings is 1. The second-order valence-electron chi connectivity index (χ2n) is 7.08. The smallest absolute Gasteiger partial charge is 0.270 e. The molecule has 0 aliphatic carbocycles. The van der Waals surface area contributed by atoms with Crippen molar-refractivity contribution in [3.63, 3.8) is 0 Å². The van der Waals surface area contributed by atoms with Crippen LogP contribution in [0.25, 0.3) is 6.08 Å². The molecule has 1 aromatic carbocycles. The van der Waals surface area contributed by atoms with Gasteiger partial charge in [-0.05, 0) is 54.6 Å². The van der Waals surface area contributed by atoms with E-state index in [2.05, 4.69) is 12.4 Å². The summed E-state index contributed by atoms with van der Waals surface area (Å²) in [4.78, 5) is 30.0. The van der Waals surface area contributed by atoms with E-state index < -0.39 is 0 Å². The number of nitrogens with one attached hydrogen (secondary N) is 2. The molecule has 0 radical (unpaired) electrons. The van der Waals surface area contributed by atoms with Crippen LogP contribution >= 0.6 is 11.3 Å². The van der Waals surface area contributed by atoms with Crippen molar-refractivity contribution >= 4 is 29.2 Å². The van der Waals surface area contributed by atoms with E-state index in [0.29, 0.717) is 24.4 Å². The average Bonchev–Trinajstić information content (AvgIpc) is 3.16. The number of carbonyl (C=O) groups is 2. The van der Waals surface area contributed by atoms with Gasteiger partial charge in [0.05, 0.1) is 33.2 Å². The van der Waals surface area contributed by atoms with E-state index in [1.54, 1.807) is 23.5 Å². The van der Waals surface area contributed by atoms with Gasteiger partial charge in [-0.1, -0.05) is 12.1 Å². The topological polar surface area (TPSA) is 53.9 Å². The number of amides is 2. The van der Waals surface area contributed by atoms with Gasteiger partial charge in [0.15, 0.2) is 0 Å². The van der Waals surface area contributed by atoms with Crippen LogP contribution in [0, 0.1) is 13.8 Å². The Balaban J connectivity index is 1.82. The Kier molecular flexibility index (Phi) is 6.08. The highest BCUT2D eigenvalue weighted by Gasteiger charge is 2.25. The molecule has 0 unspecified atom stereocenters. The molecule has 2 amide bonds. The molecule has 2 aromatic rings. The summed E-state index contributed by atoms with van der Waals surface area (Å²) in [7, 11) is 2.13. The monoisotopic (exact) mass is 384 g/mol. The zero-order valence-electron chi connectivity index (χ0n) is 16.0. The maximum Gasteiger partial charge on any atom is 0.270 e. The standard InChI is InChI=1S/C21H25N3O2S/c1-15-6-7-17(13-16(15)2)20(25)22-19(14-18-5-4-12-27-18)21(26)24-10-8-23(3)9-11-24/h4-7,12-14H,8-11H2,1-3H3,(H,22,25)/p+1. The lowest BCUT2D eigenvalue weighted by molar-refractivity contribution is -0.883. The number of thiophene rings is 1. The molecule has 142 valence electrons. The highest BCUT2D eigenvalue weighted by molar-refractivity contribution is 7.10. The molecule has 1 saturated heterocycles. The van der Waals surface area contributed by atoms with Gasteiger partial charge in [-0.15, -0.1) is 11.3 Å². The third-order valence-corrected chi connectivity index (χ3v) is 5.80. The van der Waals surface area contributed by atoms with Crippen molar-refractivity contribution in [2.45, 2.75) is 13.8 Å². The van der Waals surface area contributed by atoms with Crippen molar-refractivity contribution < 1.29 is 14.5 Å². The number of rotatable bonds is 4. The summed E-state index contributed by atoms with van der Waals surface area (Å²) in [5.41, 5.74) is 3.09. The number of piperazine rings is 1. The summed E-state index contributed by atoms with van der Waals surface area (Å²) in [5, 5.41) is 4.81. The Labute approximate surface area is 164 Å². The number of hydrogen-bond donors (Lipinski definition) is 2. The van der Waals surface area contributed by atoms with Gasteiger partial charge < -0.3 is 15.1 Å². The fraction of sp³-hybridized carbons (Fsp3) is 0.333. The molecule has 2 N–H and O–H groups in total. The molecular weight excluding hydrogens is 358 g/mol. The van der Waals surface area contributed by atoms with E-state index in [9.17, 15) is 9.59 Å². The molecule has 1 aliphatic heterocycles. The highest BCUT2D eigenvalue weighted by Crippen LogP contribution is 2.15. The van der Waals surface area contributed by atoms with Gasteiger partial charge in [0.1, 0.15) is 5.70 Å². The van der Waals surface area contributed by atoms with Crippen molar-refractivity contribution in [3.05, 3.63) is 63.0 Å². The molecule has 27 heavy (non-hydrogen) atoms. The Morgan fingerprint density at radius 1 is 1.15 bits per heavy atom. The van der Waals surface area contributed by atoms with Crippen molar-refractivity contribution in [3.8, 4) is 0 Å². The summed E-state index contributed by atoms with van der Waals surface area (Å²) in [6, 6.07) is 9.45. The van der Waals surface area contributed by atoms with Gasteiger partial charge in [-0.2, -0.15) is 0 Å². The first-order chi connectivity index (χ1) is 12.9. The van der Waals surface area contributed by atoms with Crippen LogP contribution < -0.4 is 10.2 Å². The molecule has 6 heteroatoms. The van der Waals surface area contributed by atoms with E-state index >= 15 is 0 Å². The normalized spacial score (nSPS) is 15.7. The molecule has 5 nitrogen and oxygen atoms in total. The number of quaternary nitrogens is 1. The van der Waals surface area contributed by atoms with Crippen molar-refractivity contribution in [2.75, 3.05) is 33.2 Å². The largest absolute Gasteiger partial charge is 0.334 e. The minimum Gasteiger partial charge on any atom is -0.334 e. The molecule has 0 saturated carbocycles. The van der Waals surface area contributed by atoms with Crippen LogP contribution in [-0.4, -0.2) is 49.9 Å². The van der Waals surface area contributed by atoms with Crippen molar-refractivity contribution in [1.29, 1.82) is 0 Å². The van der Waals surface area contributed by atoms with Gasteiger partial charge >= 0.3 is 0 Å². The SMILES string of the molecule is Cc1ccc(C(=O)NC(=Cc2cccs2)C(=O)N2CC[NH+](C)CC2)cc1C. The van der Waals surface area contributed by atoms with E-state index in [1.165, 1.54) is 4.90 Å². The summed E-state index contributed by atoms with van der Waals surface area (Å²) >= 11 is 1.54. The van der Waals surface area contributed by atoms with Crippen LogP contribution in [0.2, 0.25) is 0 Å². The molecule has 3 rings (SSSR count). The Morgan fingerprint density at radius 3 is 2.52 bits per heavy atom. The summed E-state index contributed by atoms with van der Waals surface area (Å²) in [5.74, 6) is -0.373. The first-order valence-corrected chi connectivity index (χ1v) is 10.1. The van der Waals surface area contributed by atoms with Gasteiger partial charge in [0, 0.05) is 10.4 Å². The molecule has 2 heterocycles. The Morgan fingerprint density at radius 2 is 1.89 bits per heavy atom. The fourth-order valence-electron chi connectivity index (χ4n) is 3.01. The van der Waals surface area contributed by atoms with Crippen LogP contribution in [0.1, 0.15) is 26.4 Å². The summed E-state index contributed by atoms with van der Waals surface area (Å²) in [6.07, 6.45) is 1.77. The molecule has 1 aromatic heterocycles. The Bertz CT molecular complexity index is 850. The maximum absolute atomic E-state index is 13.1. The molecule has 0 atom stereocenters. The van der Waals surface area contributed by atoms with E-state index in [0.717, 1.165) is 29.1 Å².